The van der Waals surface area contributed by atoms with E-state index in [0.29, 0.717) is 5.69 Å². The molecule has 35 heavy (non-hydrogen) atoms. The van der Waals surface area contributed by atoms with E-state index in [1.807, 2.05) is 6.08 Å². The van der Waals surface area contributed by atoms with E-state index in [1.54, 1.807) is 23.0 Å². The summed E-state index contributed by atoms with van der Waals surface area (Å²) in [5, 5.41) is 4.37. The molecule has 0 radical (unpaired) electrons. The Balaban J connectivity index is 1.45. The van der Waals surface area contributed by atoms with Crippen molar-refractivity contribution in [2.45, 2.75) is 23.9 Å². The molecule has 1 aromatic heterocycles. The molecule has 0 saturated carbocycles. The molecule has 1 unspecified atom stereocenters. The monoisotopic (exact) mass is 505 g/mol. The predicted molar refractivity (Wildman–Crippen MR) is 119 cm³/mol. The Morgan fingerprint density at radius 1 is 1.03 bits per heavy atom. The maximum atomic E-state index is 13.3. The number of piperidine rings is 1. The van der Waals surface area contributed by atoms with Crippen molar-refractivity contribution in [3.8, 4) is 5.69 Å². The average molecular weight is 505 g/mol. The molecule has 0 N–H and O–H groups in total. The highest BCUT2D eigenvalue weighted by atomic mass is 32.2. The molecule has 0 spiro atoms. The first-order valence-corrected chi connectivity index (χ1v) is 12.2. The maximum absolute atomic E-state index is 13.3. The van der Waals surface area contributed by atoms with Crippen LogP contribution < -0.4 is 0 Å². The van der Waals surface area contributed by atoms with Gasteiger partial charge in [0.2, 0.25) is 10.0 Å². The number of carbonyl (C=O) groups excluding carboxylic acids is 1. The first-order valence-electron chi connectivity index (χ1n) is 10.7. The van der Waals surface area contributed by atoms with Gasteiger partial charge in [0.1, 0.15) is 12.1 Å². The van der Waals surface area contributed by atoms with Gasteiger partial charge >= 0.3 is 6.18 Å². The fourth-order valence-corrected chi connectivity index (χ4v) is 6.18. The summed E-state index contributed by atoms with van der Waals surface area (Å²) in [4.78, 5) is 12.1. The van der Waals surface area contributed by atoms with Crippen LogP contribution in [0.3, 0.4) is 0 Å². The molecule has 1 aliphatic carbocycles. The lowest BCUT2D eigenvalue weighted by atomic mass is 9.70. The Labute approximate surface area is 198 Å². The van der Waals surface area contributed by atoms with Crippen LogP contribution in [0.5, 0.6) is 0 Å². The predicted octanol–water partition coefficient (Wildman–Crippen LogP) is 4.25. The number of nitrogens with zero attached hydrogens (tertiary/aromatic N) is 3. The highest BCUT2D eigenvalue weighted by molar-refractivity contribution is 7.89. The average Bonchev–Trinajstić information content (AvgIpc) is 3.24. The molecule has 3 aromatic rings. The van der Waals surface area contributed by atoms with E-state index >= 15 is 0 Å². The van der Waals surface area contributed by atoms with Crippen LogP contribution in [0.25, 0.3) is 11.8 Å². The summed E-state index contributed by atoms with van der Waals surface area (Å²) in [5.74, 6) is -0.380. The highest BCUT2D eigenvalue weighted by Gasteiger charge is 2.46. The first kappa shape index (κ1) is 23.4. The number of fused-ring (bicyclic) bond motifs is 2. The van der Waals surface area contributed by atoms with Gasteiger partial charge < -0.3 is 4.79 Å². The van der Waals surface area contributed by atoms with Crippen molar-refractivity contribution < 1.29 is 30.8 Å². The zero-order chi connectivity index (χ0) is 25.0. The second kappa shape index (κ2) is 8.13. The van der Waals surface area contributed by atoms with Crippen molar-refractivity contribution in [2.24, 2.45) is 5.41 Å². The topological polar surface area (TPSA) is 72.3 Å². The summed E-state index contributed by atoms with van der Waals surface area (Å²) in [7, 11) is -4.12. The number of hydrogen-bond acceptors (Lipinski definition) is 4. The zero-order valence-electron chi connectivity index (χ0n) is 18.2. The van der Waals surface area contributed by atoms with Gasteiger partial charge in [0, 0.05) is 13.1 Å². The lowest BCUT2D eigenvalue weighted by Gasteiger charge is -2.42. The molecule has 1 aliphatic heterocycles. The molecule has 2 heterocycles. The number of benzene rings is 2. The minimum atomic E-state index is -4.58. The van der Waals surface area contributed by atoms with Gasteiger partial charge in [-0.3, -0.25) is 0 Å². The number of hydrogen-bond donors (Lipinski definition) is 0. The van der Waals surface area contributed by atoms with Crippen molar-refractivity contribution in [1.82, 2.24) is 14.1 Å². The van der Waals surface area contributed by atoms with Crippen LogP contribution >= 0.6 is 0 Å². The summed E-state index contributed by atoms with van der Waals surface area (Å²) in [6.45, 7) is -0.0579. The van der Waals surface area contributed by atoms with Gasteiger partial charge in [0.25, 0.3) is 0 Å². The number of rotatable bonds is 4. The second-order valence-electron chi connectivity index (χ2n) is 8.67. The van der Waals surface area contributed by atoms with E-state index < -0.39 is 27.2 Å². The standard InChI is InChI=1S/C24H19F4N3O3S/c25-19-3-5-20(6-4-19)31-22-11-18-9-10-30(14-23(18,15-32)12-16(22)13-29-31)35(33,34)21-7-1-17(2-8-21)24(26,27)28/h1-8,11,13,15H,9-10,12,14H2. The molecule has 0 amide bonds. The molecule has 1 atom stereocenters. The van der Waals surface area contributed by atoms with Crippen molar-refractivity contribution >= 4 is 22.4 Å². The van der Waals surface area contributed by atoms with Crippen LogP contribution in [0.15, 0.2) is 65.2 Å². The van der Waals surface area contributed by atoms with Gasteiger partial charge in [-0.2, -0.15) is 22.6 Å². The van der Waals surface area contributed by atoms with E-state index in [4.69, 9.17) is 0 Å². The fraction of sp³-hybridized carbons (Fsp3) is 0.250. The van der Waals surface area contributed by atoms with Crippen molar-refractivity contribution in [3.63, 3.8) is 0 Å². The summed E-state index contributed by atoms with van der Waals surface area (Å²) in [6.07, 6.45) is 0.0784. The van der Waals surface area contributed by atoms with E-state index in [9.17, 15) is 30.8 Å². The van der Waals surface area contributed by atoms with Crippen LogP contribution in [0.2, 0.25) is 0 Å². The lowest BCUT2D eigenvalue weighted by molar-refractivity contribution is -0.137. The van der Waals surface area contributed by atoms with Gasteiger partial charge in [-0.15, -0.1) is 0 Å². The normalized spacial score (nSPS) is 20.6. The highest BCUT2D eigenvalue weighted by Crippen LogP contribution is 2.44. The Bertz CT molecular complexity index is 1430. The molecule has 2 aliphatic rings. The number of aromatic nitrogens is 2. The molecular weight excluding hydrogens is 486 g/mol. The molecular formula is C24H19F4N3O3S. The van der Waals surface area contributed by atoms with Crippen LogP contribution in [0, 0.1) is 11.2 Å². The second-order valence-corrected chi connectivity index (χ2v) is 10.6. The quantitative estimate of drug-likeness (QED) is 0.393. The Morgan fingerprint density at radius 2 is 1.71 bits per heavy atom. The van der Waals surface area contributed by atoms with Gasteiger partial charge in [0.15, 0.2) is 0 Å². The van der Waals surface area contributed by atoms with Crippen LogP contribution in [0.4, 0.5) is 17.6 Å². The molecule has 2 aromatic carbocycles. The molecule has 182 valence electrons. The minimum Gasteiger partial charge on any atom is -0.302 e. The largest absolute Gasteiger partial charge is 0.416 e. The van der Waals surface area contributed by atoms with Crippen LogP contribution in [-0.2, 0) is 27.4 Å². The van der Waals surface area contributed by atoms with Gasteiger partial charge in [-0.1, -0.05) is 5.57 Å². The van der Waals surface area contributed by atoms with Gasteiger partial charge in [0.05, 0.1) is 33.5 Å². The number of aldehydes is 1. The summed E-state index contributed by atoms with van der Waals surface area (Å²) >= 11 is 0. The van der Waals surface area contributed by atoms with Crippen molar-refractivity contribution in [2.75, 3.05) is 13.1 Å². The van der Waals surface area contributed by atoms with Crippen LogP contribution in [0.1, 0.15) is 23.2 Å². The molecule has 0 bridgehead atoms. The smallest absolute Gasteiger partial charge is 0.302 e. The number of halogens is 4. The van der Waals surface area contributed by atoms with E-state index in [2.05, 4.69) is 5.10 Å². The van der Waals surface area contributed by atoms with E-state index in [1.165, 1.54) is 12.1 Å². The Kier molecular flexibility index (Phi) is 5.44. The van der Waals surface area contributed by atoms with Crippen molar-refractivity contribution in [1.29, 1.82) is 0 Å². The molecule has 11 heteroatoms. The Morgan fingerprint density at radius 3 is 2.34 bits per heavy atom. The van der Waals surface area contributed by atoms with Gasteiger partial charge in [-0.25, -0.2) is 17.5 Å². The minimum absolute atomic E-state index is 0.0742. The number of carbonyl (C=O) groups is 1. The third-order valence-electron chi connectivity index (χ3n) is 6.55. The maximum Gasteiger partial charge on any atom is 0.416 e. The number of sulfonamides is 1. The zero-order valence-corrected chi connectivity index (χ0v) is 19.0. The summed E-state index contributed by atoms with van der Waals surface area (Å²) in [5.41, 5.74) is 0.818. The van der Waals surface area contributed by atoms with Crippen molar-refractivity contribution in [3.05, 3.63) is 82.9 Å². The van der Waals surface area contributed by atoms with E-state index in [-0.39, 0.29) is 36.6 Å². The SMILES string of the molecule is O=CC12Cc3cnn(-c4ccc(F)cc4)c3C=C1CCN(S(=O)(=O)c1ccc(C(F)(F)F)cc1)C2. The Hall–Kier alpha value is -3.31. The summed E-state index contributed by atoms with van der Waals surface area (Å²) in [6, 6.07) is 9.14. The lowest BCUT2D eigenvalue weighted by Crippen LogP contribution is -2.50. The molecule has 1 fully saturated rings. The molecule has 5 rings (SSSR count). The van der Waals surface area contributed by atoms with Gasteiger partial charge in [-0.05, 0) is 73.0 Å². The summed E-state index contributed by atoms with van der Waals surface area (Å²) < 4.78 is 81.1. The molecule has 6 nitrogen and oxygen atoms in total. The molecule has 1 saturated heterocycles. The first-order chi connectivity index (χ1) is 16.5. The third-order valence-corrected chi connectivity index (χ3v) is 8.41. The fourth-order valence-electron chi connectivity index (χ4n) is 4.67. The third kappa shape index (κ3) is 3.98. The van der Waals surface area contributed by atoms with E-state index in [0.717, 1.165) is 51.7 Å². The number of alkyl halides is 3. The van der Waals surface area contributed by atoms with Crippen LogP contribution in [-0.4, -0.2) is 41.9 Å².